The Hall–Kier alpha value is -1.80. The quantitative estimate of drug-likeness (QED) is 0.911. The highest BCUT2D eigenvalue weighted by Crippen LogP contribution is 2.38. The molecule has 21 heavy (non-hydrogen) atoms. The van der Waals surface area contributed by atoms with Gasteiger partial charge in [0.15, 0.2) is 0 Å². The molecular weight excluding hydrogens is 258 g/mol. The summed E-state index contributed by atoms with van der Waals surface area (Å²) in [6.45, 7) is 0. The zero-order valence-corrected chi connectivity index (χ0v) is 12.6. The molecule has 2 aromatic rings. The van der Waals surface area contributed by atoms with Crippen LogP contribution in [0.2, 0.25) is 0 Å². The van der Waals surface area contributed by atoms with Crippen LogP contribution in [0.3, 0.4) is 0 Å². The van der Waals surface area contributed by atoms with Crippen molar-refractivity contribution in [2.45, 2.75) is 37.6 Å². The zero-order valence-electron chi connectivity index (χ0n) is 12.6. The average Bonchev–Trinajstić information content (AvgIpc) is 2.55. The van der Waals surface area contributed by atoms with Crippen LogP contribution in [-0.4, -0.2) is 7.11 Å². The Morgan fingerprint density at radius 1 is 1.14 bits per heavy atom. The molecule has 110 valence electrons. The fourth-order valence-corrected chi connectivity index (χ4v) is 3.51. The number of nitrogens with two attached hydrogens (primary N) is 1. The molecule has 0 amide bonds. The Balaban J connectivity index is 1.81. The third-order valence-corrected chi connectivity index (χ3v) is 4.57. The van der Waals surface area contributed by atoms with Crippen molar-refractivity contribution >= 4 is 0 Å². The lowest BCUT2D eigenvalue weighted by molar-refractivity contribution is 0.398. The summed E-state index contributed by atoms with van der Waals surface area (Å²) in [4.78, 5) is 0. The Kier molecular flexibility index (Phi) is 4.26. The average molecular weight is 281 g/mol. The van der Waals surface area contributed by atoms with E-state index in [1.165, 1.54) is 30.4 Å². The molecule has 1 aliphatic carbocycles. The van der Waals surface area contributed by atoms with Crippen LogP contribution in [0.1, 0.15) is 47.9 Å². The first kappa shape index (κ1) is 14.2. The molecule has 0 fully saturated rings. The number of benzene rings is 2. The molecule has 0 bridgehead atoms. The summed E-state index contributed by atoms with van der Waals surface area (Å²) >= 11 is 0. The first-order valence-corrected chi connectivity index (χ1v) is 7.76. The van der Waals surface area contributed by atoms with E-state index >= 15 is 0 Å². The molecule has 2 aromatic carbocycles. The number of ether oxygens (including phenoxy) is 1. The van der Waals surface area contributed by atoms with Crippen molar-refractivity contribution in [2.24, 2.45) is 5.73 Å². The Morgan fingerprint density at radius 2 is 1.90 bits per heavy atom. The van der Waals surface area contributed by atoms with Gasteiger partial charge in [-0.05, 0) is 48.8 Å². The van der Waals surface area contributed by atoms with Crippen LogP contribution >= 0.6 is 0 Å². The van der Waals surface area contributed by atoms with Crippen molar-refractivity contribution in [3.8, 4) is 5.75 Å². The number of hydrogen-bond acceptors (Lipinski definition) is 2. The molecule has 3 rings (SSSR count). The minimum absolute atomic E-state index is 0.0253. The smallest absolute Gasteiger partial charge is 0.123 e. The second kappa shape index (κ2) is 6.31. The molecule has 0 aliphatic heterocycles. The van der Waals surface area contributed by atoms with E-state index < -0.39 is 0 Å². The molecule has 2 heteroatoms. The van der Waals surface area contributed by atoms with Crippen molar-refractivity contribution in [1.29, 1.82) is 0 Å². The number of aryl methyl sites for hydroxylation is 1. The van der Waals surface area contributed by atoms with E-state index in [9.17, 15) is 0 Å². The minimum Gasteiger partial charge on any atom is -0.496 e. The third-order valence-electron chi connectivity index (χ3n) is 4.57. The van der Waals surface area contributed by atoms with E-state index in [1.807, 2.05) is 18.2 Å². The SMILES string of the molecule is COc1ccccc1C(N)CC1CCCc2ccccc21. The van der Waals surface area contributed by atoms with Crippen LogP contribution in [0.5, 0.6) is 5.75 Å². The van der Waals surface area contributed by atoms with Gasteiger partial charge in [0.2, 0.25) is 0 Å². The summed E-state index contributed by atoms with van der Waals surface area (Å²) in [5.41, 5.74) is 10.6. The molecule has 2 atom stereocenters. The van der Waals surface area contributed by atoms with Gasteiger partial charge in [0.25, 0.3) is 0 Å². The molecule has 1 aliphatic rings. The van der Waals surface area contributed by atoms with E-state index in [0.29, 0.717) is 5.92 Å². The van der Waals surface area contributed by atoms with Gasteiger partial charge in [-0.3, -0.25) is 0 Å². The summed E-state index contributed by atoms with van der Waals surface area (Å²) in [6.07, 6.45) is 4.69. The number of fused-ring (bicyclic) bond motifs is 1. The first-order valence-electron chi connectivity index (χ1n) is 7.76. The molecular formula is C19H23NO. The monoisotopic (exact) mass is 281 g/mol. The predicted octanol–water partition coefficient (Wildman–Crippen LogP) is 4.21. The molecule has 2 nitrogen and oxygen atoms in total. The lowest BCUT2D eigenvalue weighted by Crippen LogP contribution is -2.18. The van der Waals surface area contributed by atoms with E-state index in [4.69, 9.17) is 10.5 Å². The Bertz CT molecular complexity index is 608. The zero-order chi connectivity index (χ0) is 14.7. The second-order valence-electron chi connectivity index (χ2n) is 5.87. The molecule has 0 saturated heterocycles. The Morgan fingerprint density at radius 3 is 2.76 bits per heavy atom. The summed E-state index contributed by atoms with van der Waals surface area (Å²) < 4.78 is 5.45. The van der Waals surface area contributed by atoms with E-state index in [2.05, 4.69) is 30.3 Å². The van der Waals surface area contributed by atoms with Gasteiger partial charge >= 0.3 is 0 Å². The maximum absolute atomic E-state index is 6.48. The van der Waals surface area contributed by atoms with Crippen LogP contribution in [-0.2, 0) is 6.42 Å². The predicted molar refractivity (Wildman–Crippen MR) is 86.7 cm³/mol. The second-order valence-corrected chi connectivity index (χ2v) is 5.87. The molecule has 0 radical (unpaired) electrons. The molecule has 2 unspecified atom stereocenters. The van der Waals surface area contributed by atoms with Gasteiger partial charge in [0, 0.05) is 11.6 Å². The summed E-state index contributed by atoms with van der Waals surface area (Å²) in [6, 6.07) is 16.9. The lowest BCUT2D eigenvalue weighted by atomic mass is 9.79. The number of hydrogen-bond donors (Lipinski definition) is 1. The highest BCUT2D eigenvalue weighted by Gasteiger charge is 2.23. The largest absolute Gasteiger partial charge is 0.496 e. The van der Waals surface area contributed by atoms with Crippen LogP contribution in [0.25, 0.3) is 0 Å². The van der Waals surface area contributed by atoms with Gasteiger partial charge in [-0.1, -0.05) is 42.5 Å². The molecule has 2 N–H and O–H groups in total. The molecule has 0 saturated carbocycles. The van der Waals surface area contributed by atoms with Crippen LogP contribution in [0.15, 0.2) is 48.5 Å². The van der Waals surface area contributed by atoms with E-state index in [1.54, 1.807) is 7.11 Å². The first-order chi connectivity index (χ1) is 10.3. The lowest BCUT2D eigenvalue weighted by Gasteiger charge is -2.28. The van der Waals surface area contributed by atoms with Crippen molar-refractivity contribution < 1.29 is 4.74 Å². The van der Waals surface area contributed by atoms with Gasteiger partial charge in [-0.2, -0.15) is 0 Å². The normalized spacial score (nSPS) is 18.9. The highest BCUT2D eigenvalue weighted by atomic mass is 16.5. The number of para-hydroxylation sites is 1. The van der Waals surface area contributed by atoms with E-state index in [0.717, 1.165) is 17.7 Å². The summed E-state index contributed by atoms with van der Waals surface area (Å²) in [5.74, 6) is 1.46. The number of rotatable bonds is 4. The molecule has 0 heterocycles. The van der Waals surface area contributed by atoms with E-state index in [-0.39, 0.29) is 6.04 Å². The van der Waals surface area contributed by atoms with Crippen molar-refractivity contribution in [2.75, 3.05) is 7.11 Å². The van der Waals surface area contributed by atoms with Gasteiger partial charge < -0.3 is 10.5 Å². The Labute approximate surface area is 126 Å². The summed E-state index contributed by atoms with van der Waals surface area (Å²) in [5, 5.41) is 0. The van der Waals surface area contributed by atoms with Gasteiger partial charge in [0.05, 0.1) is 7.11 Å². The van der Waals surface area contributed by atoms with Crippen molar-refractivity contribution in [3.63, 3.8) is 0 Å². The van der Waals surface area contributed by atoms with Gasteiger partial charge in [-0.15, -0.1) is 0 Å². The van der Waals surface area contributed by atoms with Crippen molar-refractivity contribution in [3.05, 3.63) is 65.2 Å². The fraction of sp³-hybridized carbons (Fsp3) is 0.368. The topological polar surface area (TPSA) is 35.2 Å². The number of methoxy groups -OCH3 is 1. The third kappa shape index (κ3) is 2.96. The van der Waals surface area contributed by atoms with Gasteiger partial charge in [-0.25, -0.2) is 0 Å². The van der Waals surface area contributed by atoms with Gasteiger partial charge in [0.1, 0.15) is 5.75 Å². The maximum Gasteiger partial charge on any atom is 0.123 e. The standard InChI is InChI=1S/C19H23NO/c1-21-19-12-5-4-11-17(19)18(20)13-15-9-6-8-14-7-2-3-10-16(14)15/h2-5,7,10-12,15,18H,6,8-9,13,20H2,1H3. The maximum atomic E-state index is 6.48. The molecule has 0 spiro atoms. The van der Waals surface area contributed by atoms with Crippen molar-refractivity contribution in [1.82, 2.24) is 0 Å². The van der Waals surface area contributed by atoms with Crippen LogP contribution in [0.4, 0.5) is 0 Å². The fourth-order valence-electron chi connectivity index (χ4n) is 3.51. The van der Waals surface area contributed by atoms with Crippen LogP contribution in [0, 0.1) is 0 Å². The molecule has 0 aromatic heterocycles. The highest BCUT2D eigenvalue weighted by molar-refractivity contribution is 5.37. The minimum atomic E-state index is 0.0253. The summed E-state index contributed by atoms with van der Waals surface area (Å²) in [7, 11) is 1.71. The van der Waals surface area contributed by atoms with Crippen LogP contribution < -0.4 is 10.5 Å².